The summed E-state index contributed by atoms with van der Waals surface area (Å²) in [5.41, 5.74) is 3.88. The Balaban J connectivity index is 1.23. The molecule has 3 amide bonds. The van der Waals surface area contributed by atoms with Crippen LogP contribution in [0, 0.1) is 0 Å². The molecule has 5 rings (SSSR count). The van der Waals surface area contributed by atoms with Crippen molar-refractivity contribution in [2.24, 2.45) is 0 Å². The number of fused-ring (bicyclic) bond motifs is 3. The maximum Gasteiger partial charge on any atom is 0.411 e. The number of amides is 3. The van der Waals surface area contributed by atoms with Gasteiger partial charge in [0.05, 0.1) is 7.11 Å². The first-order valence-corrected chi connectivity index (χ1v) is 16.1. The lowest BCUT2D eigenvalue weighted by Crippen LogP contribution is -2.61. The monoisotopic (exact) mass is 641 g/mol. The zero-order valence-electron chi connectivity index (χ0n) is 27.4. The Hall–Kier alpha value is -4.86. The molecule has 1 unspecified atom stereocenters. The molecule has 10 heteroatoms. The third-order valence-corrected chi connectivity index (χ3v) is 8.64. The fourth-order valence-corrected chi connectivity index (χ4v) is 6.43. The number of methoxy groups -OCH3 is 1. The quantitative estimate of drug-likeness (QED) is 0.180. The first kappa shape index (κ1) is 33.5. The summed E-state index contributed by atoms with van der Waals surface area (Å²) in [6, 6.07) is 22.2. The molecule has 1 saturated carbocycles. The highest BCUT2D eigenvalue weighted by molar-refractivity contribution is 5.92. The van der Waals surface area contributed by atoms with Crippen LogP contribution in [0.2, 0.25) is 0 Å². The van der Waals surface area contributed by atoms with Crippen LogP contribution in [0.5, 0.6) is 0 Å². The maximum atomic E-state index is 13.6. The van der Waals surface area contributed by atoms with Gasteiger partial charge in [-0.15, -0.1) is 0 Å². The molecular formula is C37H43N3O7. The van der Waals surface area contributed by atoms with E-state index in [-0.39, 0.29) is 18.9 Å². The minimum absolute atomic E-state index is 0.0528. The molecule has 3 N–H and O–H groups in total. The van der Waals surface area contributed by atoms with Crippen LogP contribution in [0.1, 0.15) is 75.5 Å². The summed E-state index contributed by atoms with van der Waals surface area (Å²) in [4.78, 5) is 51.9. The number of nitrogens with one attached hydrogen (secondary N) is 3. The molecule has 47 heavy (non-hydrogen) atoms. The van der Waals surface area contributed by atoms with Crippen molar-refractivity contribution in [3.8, 4) is 11.1 Å². The predicted octanol–water partition coefficient (Wildman–Crippen LogP) is 6.48. The van der Waals surface area contributed by atoms with Crippen molar-refractivity contribution in [3.63, 3.8) is 0 Å². The Morgan fingerprint density at radius 1 is 0.830 bits per heavy atom. The van der Waals surface area contributed by atoms with Gasteiger partial charge in [0.1, 0.15) is 23.8 Å². The average Bonchev–Trinajstić information content (AvgIpc) is 3.37. The van der Waals surface area contributed by atoms with Gasteiger partial charge in [0.25, 0.3) is 0 Å². The van der Waals surface area contributed by atoms with Crippen LogP contribution >= 0.6 is 0 Å². The molecule has 0 aliphatic heterocycles. The van der Waals surface area contributed by atoms with Crippen molar-refractivity contribution >= 4 is 29.8 Å². The van der Waals surface area contributed by atoms with Crippen molar-refractivity contribution in [2.45, 2.75) is 82.4 Å². The third-order valence-electron chi connectivity index (χ3n) is 8.64. The summed E-state index contributed by atoms with van der Waals surface area (Å²) in [7, 11) is 1.30. The van der Waals surface area contributed by atoms with Gasteiger partial charge in [-0.2, -0.15) is 0 Å². The van der Waals surface area contributed by atoms with Gasteiger partial charge < -0.3 is 24.8 Å². The van der Waals surface area contributed by atoms with Crippen molar-refractivity contribution in [1.82, 2.24) is 10.6 Å². The highest BCUT2D eigenvalue weighted by atomic mass is 16.6. The van der Waals surface area contributed by atoms with E-state index in [1.165, 1.54) is 7.11 Å². The number of benzene rings is 3. The van der Waals surface area contributed by atoms with Crippen LogP contribution in [0.25, 0.3) is 11.1 Å². The summed E-state index contributed by atoms with van der Waals surface area (Å²) in [5.74, 6) is -1.06. The summed E-state index contributed by atoms with van der Waals surface area (Å²) < 4.78 is 16.1. The van der Waals surface area contributed by atoms with Crippen molar-refractivity contribution in [1.29, 1.82) is 0 Å². The minimum Gasteiger partial charge on any atom is -0.467 e. The Labute approximate surface area is 275 Å². The molecule has 10 nitrogen and oxygen atoms in total. The Morgan fingerprint density at radius 2 is 1.43 bits per heavy atom. The number of hydrogen-bond donors (Lipinski definition) is 3. The standard InChI is InChI=1S/C37H43N3O7/c1-36(2,3)47-35(44)39-31(32(41)40-37(33(42)45-4)20-10-5-11-21-37)22-24-16-18-25(19-17-24)38-34(43)46-23-30-28-14-8-6-12-26(28)27-13-7-9-15-29(27)30/h6-9,12-19,30-31H,5,10-11,20-23H2,1-4H3,(H,38,43)(H,39,44)(H,40,41). The predicted molar refractivity (Wildman–Crippen MR) is 178 cm³/mol. The number of rotatable bonds is 9. The van der Waals surface area contributed by atoms with Gasteiger partial charge in [0.15, 0.2) is 0 Å². The highest BCUT2D eigenvalue weighted by Crippen LogP contribution is 2.44. The van der Waals surface area contributed by atoms with Crippen LogP contribution in [0.4, 0.5) is 15.3 Å². The number of esters is 1. The van der Waals surface area contributed by atoms with Crippen LogP contribution < -0.4 is 16.0 Å². The van der Waals surface area contributed by atoms with Crippen LogP contribution in [-0.4, -0.2) is 55.0 Å². The lowest BCUT2D eigenvalue weighted by atomic mass is 9.81. The van der Waals surface area contributed by atoms with Gasteiger partial charge in [-0.1, -0.05) is 79.9 Å². The van der Waals surface area contributed by atoms with Crippen LogP contribution in [0.15, 0.2) is 72.8 Å². The first-order valence-electron chi connectivity index (χ1n) is 16.1. The maximum absolute atomic E-state index is 13.6. The topological polar surface area (TPSA) is 132 Å². The van der Waals surface area contributed by atoms with Gasteiger partial charge in [-0.3, -0.25) is 10.1 Å². The second-order valence-corrected chi connectivity index (χ2v) is 13.2. The van der Waals surface area contributed by atoms with Gasteiger partial charge >= 0.3 is 18.2 Å². The zero-order chi connectivity index (χ0) is 33.6. The van der Waals surface area contributed by atoms with Crippen LogP contribution in [0.3, 0.4) is 0 Å². The molecule has 2 aliphatic carbocycles. The summed E-state index contributed by atoms with van der Waals surface area (Å²) in [6.07, 6.45) is 2.22. The molecule has 0 bridgehead atoms. The van der Waals surface area contributed by atoms with E-state index in [1.54, 1.807) is 45.0 Å². The summed E-state index contributed by atoms with van der Waals surface area (Å²) in [5, 5.41) is 8.35. The van der Waals surface area contributed by atoms with Crippen molar-refractivity contribution in [2.75, 3.05) is 19.0 Å². The van der Waals surface area contributed by atoms with E-state index in [9.17, 15) is 19.2 Å². The van der Waals surface area contributed by atoms with Crippen molar-refractivity contribution < 1.29 is 33.4 Å². The number of alkyl carbamates (subject to hydrolysis) is 1. The molecule has 0 radical (unpaired) electrons. The second kappa shape index (κ2) is 14.3. The Kier molecular flexibility index (Phi) is 10.2. The van der Waals surface area contributed by atoms with Crippen molar-refractivity contribution in [3.05, 3.63) is 89.5 Å². The zero-order valence-corrected chi connectivity index (χ0v) is 27.4. The second-order valence-electron chi connectivity index (χ2n) is 13.2. The van der Waals surface area contributed by atoms with Gasteiger partial charge in [0, 0.05) is 18.0 Å². The summed E-state index contributed by atoms with van der Waals surface area (Å²) >= 11 is 0. The fourth-order valence-electron chi connectivity index (χ4n) is 6.43. The third kappa shape index (κ3) is 8.11. The van der Waals surface area contributed by atoms with Crippen LogP contribution in [-0.2, 0) is 30.2 Å². The largest absolute Gasteiger partial charge is 0.467 e. The molecule has 3 aromatic rings. The van der Waals surface area contributed by atoms with E-state index in [4.69, 9.17) is 14.2 Å². The number of anilines is 1. The number of carbonyl (C=O) groups is 4. The van der Waals surface area contributed by atoms with E-state index in [0.717, 1.165) is 47.1 Å². The van der Waals surface area contributed by atoms with E-state index in [0.29, 0.717) is 18.5 Å². The number of hydrogen-bond acceptors (Lipinski definition) is 7. The molecular weight excluding hydrogens is 598 g/mol. The molecule has 248 valence electrons. The smallest absolute Gasteiger partial charge is 0.411 e. The van der Waals surface area contributed by atoms with E-state index in [2.05, 4.69) is 40.2 Å². The van der Waals surface area contributed by atoms with Gasteiger partial charge in [0.2, 0.25) is 5.91 Å². The minimum atomic E-state index is -1.14. The SMILES string of the molecule is COC(=O)C1(NC(=O)C(Cc2ccc(NC(=O)OCC3c4ccccc4-c4ccccc43)cc2)NC(=O)OC(C)(C)C)CCCCC1. The molecule has 0 heterocycles. The normalized spacial score (nSPS) is 15.7. The fraction of sp³-hybridized carbons (Fsp3) is 0.405. The average molecular weight is 642 g/mol. The Bertz CT molecular complexity index is 1560. The molecule has 1 atom stereocenters. The molecule has 0 aromatic heterocycles. The lowest BCUT2D eigenvalue weighted by Gasteiger charge is -2.36. The van der Waals surface area contributed by atoms with E-state index < -0.39 is 41.2 Å². The molecule has 1 fully saturated rings. The lowest BCUT2D eigenvalue weighted by molar-refractivity contribution is -0.152. The highest BCUT2D eigenvalue weighted by Gasteiger charge is 2.43. The first-order chi connectivity index (χ1) is 22.5. The van der Waals surface area contributed by atoms with Gasteiger partial charge in [-0.25, -0.2) is 14.4 Å². The number of ether oxygens (including phenoxy) is 3. The Morgan fingerprint density at radius 3 is 2.00 bits per heavy atom. The number of carbonyl (C=O) groups excluding carboxylic acids is 4. The molecule has 0 spiro atoms. The molecule has 0 saturated heterocycles. The van der Waals surface area contributed by atoms with Gasteiger partial charge in [-0.05, 0) is 73.6 Å². The molecule has 2 aliphatic rings. The molecule has 3 aromatic carbocycles. The summed E-state index contributed by atoms with van der Waals surface area (Å²) in [6.45, 7) is 5.40. The van der Waals surface area contributed by atoms with E-state index in [1.807, 2.05) is 24.3 Å². The van der Waals surface area contributed by atoms with E-state index >= 15 is 0 Å².